The molecule has 1 saturated heterocycles. The summed E-state index contributed by atoms with van der Waals surface area (Å²) in [5, 5.41) is 0. The number of halogens is 1. The van der Waals surface area contributed by atoms with Crippen LogP contribution in [-0.4, -0.2) is 23.4 Å². The summed E-state index contributed by atoms with van der Waals surface area (Å²) in [5.41, 5.74) is 5.93. The highest BCUT2D eigenvalue weighted by atomic mass is 19.1. The van der Waals surface area contributed by atoms with E-state index in [1.54, 1.807) is 11.0 Å². The van der Waals surface area contributed by atoms with Gasteiger partial charge in [0.25, 0.3) is 5.91 Å². The third-order valence-corrected chi connectivity index (χ3v) is 3.33. The molecular formula is C13H17FN2O. The standard InChI is InChI=1S/C13H17FN2O/c1-2-10-4-3-7-16(10)13(17)11-6-5-9(15)8-12(11)14/h5-6,8,10H,2-4,7,15H2,1H3. The Labute approximate surface area is 100 Å². The summed E-state index contributed by atoms with van der Waals surface area (Å²) in [6, 6.07) is 4.48. The Balaban J connectivity index is 2.24. The number of nitrogen functional groups attached to an aromatic ring is 1. The highest BCUT2D eigenvalue weighted by Gasteiger charge is 2.29. The van der Waals surface area contributed by atoms with Crippen molar-refractivity contribution in [3.05, 3.63) is 29.6 Å². The van der Waals surface area contributed by atoms with Gasteiger partial charge in [0.05, 0.1) is 5.56 Å². The van der Waals surface area contributed by atoms with E-state index in [9.17, 15) is 9.18 Å². The Morgan fingerprint density at radius 3 is 3.00 bits per heavy atom. The average molecular weight is 236 g/mol. The van der Waals surface area contributed by atoms with Crippen molar-refractivity contribution in [1.82, 2.24) is 4.90 Å². The largest absolute Gasteiger partial charge is 0.399 e. The Hall–Kier alpha value is -1.58. The predicted octanol–water partition coefficient (Wildman–Crippen LogP) is 2.42. The van der Waals surface area contributed by atoms with Crippen LogP contribution in [0.1, 0.15) is 36.5 Å². The Bertz CT molecular complexity index is 433. The molecule has 1 atom stereocenters. The normalized spacial score (nSPS) is 19.6. The maximum atomic E-state index is 13.7. The van der Waals surface area contributed by atoms with E-state index in [1.807, 2.05) is 0 Å². The van der Waals surface area contributed by atoms with Crippen molar-refractivity contribution in [2.75, 3.05) is 12.3 Å². The molecule has 1 fully saturated rings. The van der Waals surface area contributed by atoms with Gasteiger partial charge in [0, 0.05) is 18.3 Å². The molecule has 0 bridgehead atoms. The number of nitrogens with two attached hydrogens (primary N) is 1. The molecule has 1 aromatic rings. The first kappa shape index (κ1) is 11.9. The van der Waals surface area contributed by atoms with Crippen molar-refractivity contribution in [3.8, 4) is 0 Å². The maximum Gasteiger partial charge on any atom is 0.257 e. The van der Waals surface area contributed by atoms with Gasteiger partial charge in [-0.2, -0.15) is 0 Å². The lowest BCUT2D eigenvalue weighted by atomic mass is 10.1. The fourth-order valence-corrected chi connectivity index (χ4v) is 2.39. The first-order valence-corrected chi connectivity index (χ1v) is 5.99. The molecule has 0 radical (unpaired) electrons. The molecule has 2 rings (SSSR count). The molecule has 1 amide bonds. The Morgan fingerprint density at radius 2 is 2.35 bits per heavy atom. The third kappa shape index (κ3) is 2.25. The molecule has 17 heavy (non-hydrogen) atoms. The van der Waals surface area contributed by atoms with Gasteiger partial charge in [-0.15, -0.1) is 0 Å². The number of hydrogen-bond acceptors (Lipinski definition) is 2. The lowest BCUT2D eigenvalue weighted by molar-refractivity contribution is 0.0729. The lowest BCUT2D eigenvalue weighted by Crippen LogP contribution is -2.35. The average Bonchev–Trinajstić information content (AvgIpc) is 2.76. The first-order chi connectivity index (χ1) is 8.13. The minimum atomic E-state index is -0.531. The maximum absolute atomic E-state index is 13.7. The zero-order valence-electron chi connectivity index (χ0n) is 9.95. The van der Waals surface area contributed by atoms with E-state index in [2.05, 4.69) is 6.92 Å². The van der Waals surface area contributed by atoms with Crippen LogP contribution in [0.15, 0.2) is 18.2 Å². The van der Waals surface area contributed by atoms with Crippen LogP contribution in [0.5, 0.6) is 0 Å². The minimum Gasteiger partial charge on any atom is -0.399 e. The first-order valence-electron chi connectivity index (χ1n) is 5.99. The van der Waals surface area contributed by atoms with Crippen molar-refractivity contribution in [3.63, 3.8) is 0 Å². The highest BCUT2D eigenvalue weighted by molar-refractivity contribution is 5.95. The molecular weight excluding hydrogens is 219 g/mol. The van der Waals surface area contributed by atoms with E-state index in [1.165, 1.54) is 12.1 Å². The van der Waals surface area contributed by atoms with Gasteiger partial charge in [0.2, 0.25) is 0 Å². The van der Waals surface area contributed by atoms with Gasteiger partial charge in [-0.25, -0.2) is 4.39 Å². The second kappa shape index (κ2) is 4.73. The number of hydrogen-bond donors (Lipinski definition) is 1. The fraction of sp³-hybridized carbons (Fsp3) is 0.462. The molecule has 1 aromatic carbocycles. The summed E-state index contributed by atoms with van der Waals surface area (Å²) in [6.45, 7) is 2.77. The van der Waals surface area contributed by atoms with Crippen LogP contribution >= 0.6 is 0 Å². The van der Waals surface area contributed by atoms with E-state index >= 15 is 0 Å². The van der Waals surface area contributed by atoms with Crippen LogP contribution in [0.3, 0.4) is 0 Å². The van der Waals surface area contributed by atoms with E-state index in [0.717, 1.165) is 25.8 Å². The monoisotopic (exact) mass is 236 g/mol. The molecule has 1 heterocycles. The molecule has 92 valence electrons. The predicted molar refractivity (Wildman–Crippen MR) is 65.2 cm³/mol. The van der Waals surface area contributed by atoms with Crippen LogP contribution in [0, 0.1) is 5.82 Å². The molecule has 2 N–H and O–H groups in total. The van der Waals surface area contributed by atoms with Gasteiger partial charge < -0.3 is 10.6 Å². The minimum absolute atomic E-state index is 0.125. The van der Waals surface area contributed by atoms with E-state index in [-0.39, 0.29) is 17.5 Å². The SMILES string of the molecule is CCC1CCCN1C(=O)c1ccc(N)cc1F. The number of carbonyl (C=O) groups excluding carboxylic acids is 1. The summed E-state index contributed by atoms with van der Waals surface area (Å²) in [4.78, 5) is 14.0. The molecule has 0 aromatic heterocycles. The van der Waals surface area contributed by atoms with Gasteiger partial charge in [-0.3, -0.25) is 4.79 Å². The van der Waals surface area contributed by atoms with Gasteiger partial charge in [-0.1, -0.05) is 6.92 Å². The molecule has 1 aliphatic rings. The van der Waals surface area contributed by atoms with Gasteiger partial charge in [-0.05, 0) is 37.5 Å². The summed E-state index contributed by atoms with van der Waals surface area (Å²) in [6.07, 6.45) is 2.93. The summed E-state index contributed by atoms with van der Waals surface area (Å²) >= 11 is 0. The van der Waals surface area contributed by atoms with Gasteiger partial charge in [0.15, 0.2) is 0 Å². The van der Waals surface area contributed by atoms with E-state index in [4.69, 9.17) is 5.73 Å². The molecule has 0 saturated carbocycles. The smallest absolute Gasteiger partial charge is 0.257 e. The van der Waals surface area contributed by atoms with Crippen LogP contribution in [0.4, 0.5) is 10.1 Å². The molecule has 0 spiro atoms. The number of rotatable bonds is 2. The molecule has 1 unspecified atom stereocenters. The fourth-order valence-electron chi connectivity index (χ4n) is 2.39. The number of carbonyl (C=O) groups is 1. The topological polar surface area (TPSA) is 46.3 Å². The number of anilines is 1. The molecule has 1 aliphatic heterocycles. The Kier molecular flexibility index (Phi) is 3.31. The van der Waals surface area contributed by atoms with E-state index < -0.39 is 5.82 Å². The van der Waals surface area contributed by atoms with Crippen molar-refractivity contribution < 1.29 is 9.18 Å². The quantitative estimate of drug-likeness (QED) is 0.801. The number of benzene rings is 1. The van der Waals surface area contributed by atoms with Crippen LogP contribution < -0.4 is 5.73 Å². The number of amides is 1. The van der Waals surface area contributed by atoms with Crippen molar-refractivity contribution in [1.29, 1.82) is 0 Å². The zero-order chi connectivity index (χ0) is 12.4. The molecule has 0 aliphatic carbocycles. The molecule has 4 heteroatoms. The van der Waals surface area contributed by atoms with Crippen LogP contribution in [0.25, 0.3) is 0 Å². The van der Waals surface area contributed by atoms with E-state index in [0.29, 0.717) is 5.69 Å². The lowest BCUT2D eigenvalue weighted by Gasteiger charge is -2.23. The number of likely N-dealkylation sites (tertiary alicyclic amines) is 1. The van der Waals surface area contributed by atoms with Crippen molar-refractivity contribution in [2.45, 2.75) is 32.2 Å². The summed E-state index contributed by atoms with van der Waals surface area (Å²) in [5.74, 6) is -0.747. The second-order valence-corrected chi connectivity index (χ2v) is 4.44. The number of nitrogens with zero attached hydrogens (tertiary/aromatic N) is 1. The molecule has 3 nitrogen and oxygen atoms in total. The van der Waals surface area contributed by atoms with Crippen LogP contribution in [0.2, 0.25) is 0 Å². The van der Waals surface area contributed by atoms with Crippen molar-refractivity contribution in [2.24, 2.45) is 0 Å². The van der Waals surface area contributed by atoms with Gasteiger partial charge in [0.1, 0.15) is 5.82 Å². The van der Waals surface area contributed by atoms with Crippen molar-refractivity contribution >= 4 is 11.6 Å². The van der Waals surface area contributed by atoms with Gasteiger partial charge >= 0.3 is 0 Å². The highest BCUT2D eigenvalue weighted by Crippen LogP contribution is 2.23. The summed E-state index contributed by atoms with van der Waals surface area (Å²) in [7, 11) is 0. The second-order valence-electron chi connectivity index (χ2n) is 4.44. The Morgan fingerprint density at radius 1 is 1.59 bits per heavy atom. The summed E-state index contributed by atoms with van der Waals surface area (Å²) < 4.78 is 13.7. The third-order valence-electron chi connectivity index (χ3n) is 3.33. The van der Waals surface area contributed by atoms with Crippen LogP contribution in [-0.2, 0) is 0 Å². The zero-order valence-corrected chi connectivity index (χ0v) is 9.95.